The maximum absolute atomic E-state index is 13.0. The lowest BCUT2D eigenvalue weighted by Gasteiger charge is -2.30. The van der Waals surface area contributed by atoms with Crippen molar-refractivity contribution >= 4 is 22.1 Å². The number of sulfonamides is 1. The van der Waals surface area contributed by atoms with Crippen molar-refractivity contribution in [3.63, 3.8) is 0 Å². The Labute approximate surface area is 182 Å². The first kappa shape index (κ1) is 22.8. The van der Waals surface area contributed by atoms with Crippen molar-refractivity contribution in [2.45, 2.75) is 24.7 Å². The molecule has 0 aromatic heterocycles. The van der Waals surface area contributed by atoms with Crippen LogP contribution < -0.4 is 14.9 Å². The Kier molecular flexibility index (Phi) is 7.29. The van der Waals surface area contributed by atoms with Gasteiger partial charge in [0.2, 0.25) is 15.9 Å². The number of carbonyl (C=O) groups is 1. The Balaban J connectivity index is 1.58. The summed E-state index contributed by atoms with van der Waals surface area (Å²) in [6, 6.07) is 12.3. The molecule has 1 heterocycles. The molecule has 1 amide bonds. The second-order valence-electron chi connectivity index (χ2n) is 7.34. The maximum atomic E-state index is 13.0. The lowest BCUT2D eigenvalue weighted by atomic mass is 9.98. The molecular formula is C22H27N3O5S. The lowest BCUT2D eigenvalue weighted by molar-refractivity contribution is -0.126. The normalized spacial score (nSPS) is 15.7. The number of piperidine rings is 1. The fraction of sp³-hybridized carbons (Fsp3) is 0.364. The molecule has 0 atom stereocenters. The predicted octanol–water partition coefficient (Wildman–Crippen LogP) is 2.56. The number of hydrogen-bond acceptors (Lipinski definition) is 6. The minimum atomic E-state index is -3.69. The number of nitrogens with zero attached hydrogens (tertiary/aromatic N) is 2. The number of nitrogens with one attached hydrogen (secondary N) is 1. The van der Waals surface area contributed by atoms with Crippen LogP contribution >= 0.6 is 0 Å². The lowest BCUT2D eigenvalue weighted by Crippen LogP contribution is -2.42. The summed E-state index contributed by atoms with van der Waals surface area (Å²) in [5.74, 6) is 0.325. The third kappa shape index (κ3) is 5.42. The zero-order valence-electron chi connectivity index (χ0n) is 17.9. The standard InChI is InChI=1S/C22H27N3O5S/c1-16-4-6-17(7-5-16)15-23-24-22(26)18-10-12-25(13-11-18)31(27,28)19-8-9-20(29-2)21(14-19)30-3/h4-9,14-15,18H,10-13H2,1-3H3,(H,24,26)/b23-15-. The zero-order chi connectivity index (χ0) is 22.4. The minimum Gasteiger partial charge on any atom is -0.493 e. The van der Waals surface area contributed by atoms with E-state index in [4.69, 9.17) is 9.47 Å². The molecule has 1 N–H and O–H groups in total. The number of hydrogen-bond donors (Lipinski definition) is 1. The molecular weight excluding hydrogens is 418 g/mol. The monoisotopic (exact) mass is 445 g/mol. The molecule has 0 saturated carbocycles. The predicted molar refractivity (Wildman–Crippen MR) is 118 cm³/mol. The summed E-state index contributed by atoms with van der Waals surface area (Å²) in [5.41, 5.74) is 4.60. The quantitative estimate of drug-likeness (QED) is 0.522. The molecule has 0 aliphatic carbocycles. The van der Waals surface area contributed by atoms with Gasteiger partial charge in [0.25, 0.3) is 0 Å². The van der Waals surface area contributed by atoms with Gasteiger partial charge in [-0.1, -0.05) is 29.8 Å². The number of amides is 1. The number of carbonyl (C=O) groups excluding carboxylic acids is 1. The largest absolute Gasteiger partial charge is 0.493 e. The molecule has 1 saturated heterocycles. The summed E-state index contributed by atoms with van der Waals surface area (Å²) in [4.78, 5) is 12.5. The molecule has 9 heteroatoms. The highest BCUT2D eigenvalue weighted by Gasteiger charge is 2.32. The fourth-order valence-corrected chi connectivity index (χ4v) is 4.88. The van der Waals surface area contributed by atoms with Crippen LogP contribution in [0, 0.1) is 12.8 Å². The average Bonchev–Trinajstić information content (AvgIpc) is 2.79. The first-order chi connectivity index (χ1) is 14.8. The van der Waals surface area contributed by atoms with E-state index in [0.717, 1.165) is 11.1 Å². The number of rotatable bonds is 7. The van der Waals surface area contributed by atoms with Crippen molar-refractivity contribution in [1.29, 1.82) is 0 Å². The van der Waals surface area contributed by atoms with E-state index >= 15 is 0 Å². The summed E-state index contributed by atoms with van der Waals surface area (Å²) in [6.07, 6.45) is 2.45. The van der Waals surface area contributed by atoms with E-state index in [2.05, 4.69) is 10.5 Å². The van der Waals surface area contributed by atoms with Gasteiger partial charge in [0.15, 0.2) is 11.5 Å². The molecule has 0 bridgehead atoms. The highest BCUT2D eigenvalue weighted by molar-refractivity contribution is 7.89. The topological polar surface area (TPSA) is 97.3 Å². The van der Waals surface area contributed by atoms with E-state index in [0.29, 0.717) is 24.3 Å². The zero-order valence-corrected chi connectivity index (χ0v) is 18.7. The van der Waals surface area contributed by atoms with E-state index in [1.54, 1.807) is 12.3 Å². The van der Waals surface area contributed by atoms with Gasteiger partial charge in [0, 0.05) is 25.1 Å². The van der Waals surface area contributed by atoms with E-state index in [9.17, 15) is 13.2 Å². The van der Waals surface area contributed by atoms with E-state index in [-0.39, 0.29) is 29.8 Å². The summed E-state index contributed by atoms with van der Waals surface area (Å²) in [7, 11) is -0.738. The Morgan fingerprint density at radius 1 is 1.06 bits per heavy atom. The second kappa shape index (κ2) is 9.93. The van der Waals surface area contributed by atoms with Crippen molar-refractivity contribution in [3.8, 4) is 11.5 Å². The Morgan fingerprint density at radius 2 is 1.71 bits per heavy atom. The molecule has 0 unspecified atom stereocenters. The molecule has 1 aliphatic heterocycles. The van der Waals surface area contributed by atoms with Crippen LogP contribution in [-0.4, -0.2) is 52.2 Å². The van der Waals surface area contributed by atoms with E-state index in [1.165, 1.54) is 30.7 Å². The van der Waals surface area contributed by atoms with Crippen LogP contribution in [0.15, 0.2) is 52.5 Å². The molecule has 0 radical (unpaired) electrons. The molecule has 8 nitrogen and oxygen atoms in total. The summed E-state index contributed by atoms with van der Waals surface area (Å²) in [5, 5.41) is 4.02. The molecule has 166 valence electrons. The molecule has 31 heavy (non-hydrogen) atoms. The summed E-state index contributed by atoms with van der Waals surface area (Å²) in [6.45, 7) is 2.52. The molecule has 1 fully saturated rings. The smallest absolute Gasteiger partial charge is 0.243 e. The maximum Gasteiger partial charge on any atom is 0.243 e. The van der Waals surface area contributed by atoms with Crippen LogP contribution in [0.1, 0.15) is 24.0 Å². The minimum absolute atomic E-state index is 0.135. The van der Waals surface area contributed by atoms with Crippen molar-refractivity contribution in [3.05, 3.63) is 53.6 Å². The van der Waals surface area contributed by atoms with Crippen molar-refractivity contribution in [2.24, 2.45) is 11.0 Å². The third-order valence-corrected chi connectivity index (χ3v) is 7.18. The van der Waals surface area contributed by atoms with Crippen LogP contribution in [0.2, 0.25) is 0 Å². The van der Waals surface area contributed by atoms with Gasteiger partial charge in [0.1, 0.15) is 0 Å². The second-order valence-corrected chi connectivity index (χ2v) is 9.28. The summed E-state index contributed by atoms with van der Waals surface area (Å²) < 4.78 is 37.8. The Hall–Kier alpha value is -2.91. The molecule has 2 aromatic rings. The van der Waals surface area contributed by atoms with Crippen LogP contribution in [0.5, 0.6) is 11.5 Å². The fourth-order valence-electron chi connectivity index (χ4n) is 3.40. The van der Waals surface area contributed by atoms with E-state index in [1.807, 2.05) is 31.2 Å². The van der Waals surface area contributed by atoms with Gasteiger partial charge in [0.05, 0.1) is 25.3 Å². The van der Waals surface area contributed by atoms with Gasteiger partial charge < -0.3 is 9.47 Å². The first-order valence-electron chi connectivity index (χ1n) is 9.97. The van der Waals surface area contributed by atoms with Gasteiger partial charge in [-0.25, -0.2) is 13.8 Å². The van der Waals surface area contributed by atoms with Crippen LogP contribution in [0.25, 0.3) is 0 Å². The van der Waals surface area contributed by atoms with Crippen molar-refractivity contribution < 1.29 is 22.7 Å². The van der Waals surface area contributed by atoms with Crippen molar-refractivity contribution in [2.75, 3.05) is 27.3 Å². The third-order valence-electron chi connectivity index (χ3n) is 5.28. The number of hydrazone groups is 1. The molecule has 0 spiro atoms. The SMILES string of the molecule is COc1ccc(S(=O)(=O)N2CCC(C(=O)N/N=C\c3ccc(C)cc3)CC2)cc1OC. The van der Waals surface area contributed by atoms with Gasteiger partial charge in [-0.15, -0.1) is 0 Å². The molecule has 3 rings (SSSR count). The highest BCUT2D eigenvalue weighted by Crippen LogP contribution is 2.32. The number of benzene rings is 2. The van der Waals surface area contributed by atoms with Crippen LogP contribution in [-0.2, 0) is 14.8 Å². The first-order valence-corrected chi connectivity index (χ1v) is 11.4. The summed E-state index contributed by atoms with van der Waals surface area (Å²) >= 11 is 0. The Morgan fingerprint density at radius 3 is 2.32 bits per heavy atom. The van der Waals surface area contributed by atoms with Crippen molar-refractivity contribution in [1.82, 2.24) is 9.73 Å². The number of methoxy groups -OCH3 is 2. The van der Waals surface area contributed by atoms with Gasteiger partial charge in [-0.05, 0) is 37.5 Å². The van der Waals surface area contributed by atoms with Gasteiger partial charge >= 0.3 is 0 Å². The Bertz CT molecular complexity index is 1040. The van der Waals surface area contributed by atoms with Gasteiger partial charge in [-0.2, -0.15) is 9.41 Å². The molecule has 1 aliphatic rings. The number of ether oxygens (including phenoxy) is 2. The molecule has 2 aromatic carbocycles. The van der Waals surface area contributed by atoms with Gasteiger partial charge in [-0.3, -0.25) is 4.79 Å². The van der Waals surface area contributed by atoms with Crippen LogP contribution in [0.4, 0.5) is 0 Å². The average molecular weight is 446 g/mol. The van der Waals surface area contributed by atoms with Crippen LogP contribution in [0.3, 0.4) is 0 Å². The highest BCUT2D eigenvalue weighted by atomic mass is 32.2. The number of aryl methyl sites for hydroxylation is 1. The van der Waals surface area contributed by atoms with E-state index < -0.39 is 10.0 Å².